The van der Waals surface area contributed by atoms with Crippen molar-refractivity contribution in [3.63, 3.8) is 0 Å². The number of rotatable bonds is 2. The predicted molar refractivity (Wildman–Crippen MR) is 62.2 cm³/mol. The molecule has 2 aromatic rings. The number of aromatic nitrogens is 2. The third-order valence-corrected chi connectivity index (χ3v) is 2.57. The molecule has 1 aromatic heterocycles. The number of hydrogen-bond donors (Lipinski definition) is 0. The smallest absolute Gasteiger partial charge is 0.232 e. The van der Waals surface area contributed by atoms with E-state index in [0.29, 0.717) is 5.56 Å². The van der Waals surface area contributed by atoms with Crippen molar-refractivity contribution in [2.75, 3.05) is 0 Å². The molecular formula is C13H7F2N3O. The van der Waals surface area contributed by atoms with Gasteiger partial charge in [0, 0.05) is 11.8 Å². The van der Waals surface area contributed by atoms with Gasteiger partial charge in [-0.1, -0.05) is 0 Å². The number of benzene rings is 1. The first-order valence-electron chi connectivity index (χ1n) is 5.25. The van der Waals surface area contributed by atoms with Crippen LogP contribution in [0.1, 0.15) is 21.7 Å². The van der Waals surface area contributed by atoms with Crippen LogP contribution in [0, 0.1) is 29.9 Å². The molecule has 0 aliphatic carbocycles. The van der Waals surface area contributed by atoms with Crippen LogP contribution in [-0.4, -0.2) is 16.3 Å². The van der Waals surface area contributed by atoms with Crippen LogP contribution in [0.3, 0.4) is 0 Å². The molecule has 0 aliphatic rings. The number of carbonyl (C=O) groups is 1. The Morgan fingerprint density at radius 2 is 2.11 bits per heavy atom. The maximum absolute atomic E-state index is 14.0. The molecule has 0 bridgehead atoms. The lowest BCUT2D eigenvalue weighted by Crippen LogP contribution is -2.01. The molecule has 0 unspecified atom stereocenters. The summed E-state index contributed by atoms with van der Waals surface area (Å²) in [6.07, 6.45) is 1.47. The summed E-state index contributed by atoms with van der Waals surface area (Å²) in [6.45, 7) is 1.62. The minimum atomic E-state index is -0.999. The van der Waals surface area contributed by atoms with Crippen molar-refractivity contribution in [3.05, 3.63) is 46.9 Å². The van der Waals surface area contributed by atoms with Gasteiger partial charge in [-0.2, -0.15) is 5.26 Å². The van der Waals surface area contributed by atoms with Crippen LogP contribution in [0.25, 0.3) is 11.3 Å². The minimum absolute atomic E-state index is 0.0418. The Morgan fingerprint density at radius 3 is 2.74 bits per heavy atom. The standard InChI is InChI=1S/C13H7F2N3O/c1-7-5-17-11(4-16)18-13(7)8-2-3-10(14)9(6-19)12(8)15/h2-3,5-6H,1H3. The van der Waals surface area contributed by atoms with Gasteiger partial charge in [0.15, 0.2) is 6.29 Å². The maximum Gasteiger partial charge on any atom is 0.232 e. The molecule has 0 aliphatic heterocycles. The molecule has 6 heteroatoms. The van der Waals surface area contributed by atoms with Crippen LogP contribution >= 0.6 is 0 Å². The molecule has 0 fully saturated rings. The average molecular weight is 259 g/mol. The van der Waals surface area contributed by atoms with Gasteiger partial charge < -0.3 is 0 Å². The summed E-state index contributed by atoms with van der Waals surface area (Å²) < 4.78 is 27.3. The Hall–Kier alpha value is -2.68. The first-order chi connectivity index (χ1) is 9.08. The van der Waals surface area contributed by atoms with E-state index in [-0.39, 0.29) is 23.4 Å². The fourth-order valence-corrected chi connectivity index (χ4v) is 1.63. The number of nitrogens with zero attached hydrogens (tertiary/aromatic N) is 3. The van der Waals surface area contributed by atoms with Crippen LogP contribution in [0.2, 0.25) is 0 Å². The summed E-state index contributed by atoms with van der Waals surface area (Å²) in [7, 11) is 0. The number of hydrogen-bond acceptors (Lipinski definition) is 4. The van der Waals surface area contributed by atoms with Gasteiger partial charge in [-0.05, 0) is 24.6 Å². The van der Waals surface area contributed by atoms with Gasteiger partial charge in [-0.25, -0.2) is 18.7 Å². The van der Waals surface area contributed by atoms with E-state index in [2.05, 4.69) is 9.97 Å². The van der Waals surface area contributed by atoms with E-state index in [0.717, 1.165) is 6.07 Å². The number of nitriles is 1. The third kappa shape index (κ3) is 2.18. The molecule has 0 radical (unpaired) electrons. The zero-order chi connectivity index (χ0) is 14.0. The van der Waals surface area contributed by atoms with E-state index >= 15 is 0 Å². The Morgan fingerprint density at radius 1 is 1.37 bits per heavy atom. The van der Waals surface area contributed by atoms with Crippen LogP contribution in [0.4, 0.5) is 8.78 Å². The van der Waals surface area contributed by atoms with E-state index < -0.39 is 17.2 Å². The fraction of sp³-hybridized carbons (Fsp3) is 0.0769. The summed E-state index contributed by atoms with van der Waals surface area (Å²) >= 11 is 0. The maximum atomic E-state index is 14.0. The van der Waals surface area contributed by atoms with E-state index in [9.17, 15) is 13.6 Å². The van der Waals surface area contributed by atoms with Gasteiger partial charge in [0.25, 0.3) is 0 Å². The third-order valence-electron chi connectivity index (χ3n) is 2.57. The molecule has 4 nitrogen and oxygen atoms in total. The van der Waals surface area contributed by atoms with Gasteiger partial charge >= 0.3 is 0 Å². The fourth-order valence-electron chi connectivity index (χ4n) is 1.63. The topological polar surface area (TPSA) is 66.6 Å². The second kappa shape index (κ2) is 4.90. The second-order valence-corrected chi connectivity index (χ2v) is 3.78. The summed E-state index contributed by atoms with van der Waals surface area (Å²) in [6, 6.07) is 3.89. The van der Waals surface area contributed by atoms with E-state index in [1.54, 1.807) is 13.0 Å². The molecule has 0 saturated carbocycles. The Labute approximate surface area is 107 Å². The SMILES string of the molecule is Cc1cnc(C#N)nc1-c1ccc(F)c(C=O)c1F. The molecule has 1 aromatic carbocycles. The highest BCUT2D eigenvalue weighted by Gasteiger charge is 2.17. The van der Waals surface area contributed by atoms with Crippen molar-refractivity contribution in [3.8, 4) is 17.3 Å². The van der Waals surface area contributed by atoms with Gasteiger partial charge in [-0.15, -0.1) is 0 Å². The molecule has 0 N–H and O–H groups in total. The average Bonchev–Trinajstić information content (AvgIpc) is 2.41. The Balaban J connectivity index is 2.73. The van der Waals surface area contributed by atoms with Gasteiger partial charge in [0.2, 0.25) is 5.82 Å². The lowest BCUT2D eigenvalue weighted by atomic mass is 10.0. The molecular weight excluding hydrogens is 252 g/mol. The Kier molecular flexibility index (Phi) is 3.29. The number of aldehydes is 1. The number of carbonyl (C=O) groups excluding carboxylic acids is 1. The number of halogens is 2. The lowest BCUT2D eigenvalue weighted by Gasteiger charge is -2.08. The predicted octanol–water partition coefficient (Wildman–Crippen LogP) is 2.41. The molecule has 0 amide bonds. The van der Waals surface area contributed by atoms with Crippen molar-refractivity contribution in [1.29, 1.82) is 5.26 Å². The highest BCUT2D eigenvalue weighted by Crippen LogP contribution is 2.26. The normalized spacial score (nSPS) is 10.0. The van der Waals surface area contributed by atoms with Crippen LogP contribution in [-0.2, 0) is 0 Å². The van der Waals surface area contributed by atoms with E-state index in [1.165, 1.54) is 12.3 Å². The van der Waals surface area contributed by atoms with Crippen molar-refractivity contribution < 1.29 is 13.6 Å². The van der Waals surface area contributed by atoms with Crippen LogP contribution in [0.15, 0.2) is 18.3 Å². The molecule has 0 saturated heterocycles. The molecule has 94 valence electrons. The summed E-state index contributed by atoms with van der Waals surface area (Å²) in [5.41, 5.74) is -0.0255. The summed E-state index contributed by atoms with van der Waals surface area (Å²) in [4.78, 5) is 18.3. The van der Waals surface area contributed by atoms with Crippen molar-refractivity contribution in [2.45, 2.75) is 6.92 Å². The van der Waals surface area contributed by atoms with Crippen molar-refractivity contribution in [1.82, 2.24) is 9.97 Å². The highest BCUT2D eigenvalue weighted by molar-refractivity contribution is 5.80. The van der Waals surface area contributed by atoms with Crippen molar-refractivity contribution >= 4 is 6.29 Å². The van der Waals surface area contributed by atoms with Crippen molar-refractivity contribution in [2.24, 2.45) is 0 Å². The molecule has 2 rings (SSSR count). The van der Waals surface area contributed by atoms with Gasteiger partial charge in [-0.3, -0.25) is 4.79 Å². The summed E-state index contributed by atoms with van der Waals surface area (Å²) in [5, 5.41) is 8.73. The Bertz CT molecular complexity index is 708. The molecule has 0 spiro atoms. The second-order valence-electron chi connectivity index (χ2n) is 3.78. The minimum Gasteiger partial charge on any atom is -0.298 e. The first kappa shape index (κ1) is 12.8. The largest absolute Gasteiger partial charge is 0.298 e. The lowest BCUT2D eigenvalue weighted by molar-refractivity contribution is 0.111. The first-order valence-corrected chi connectivity index (χ1v) is 5.25. The zero-order valence-corrected chi connectivity index (χ0v) is 9.82. The quantitative estimate of drug-likeness (QED) is 0.777. The highest BCUT2D eigenvalue weighted by atomic mass is 19.1. The molecule has 19 heavy (non-hydrogen) atoms. The monoisotopic (exact) mass is 259 g/mol. The van der Waals surface area contributed by atoms with Crippen LogP contribution in [0.5, 0.6) is 0 Å². The van der Waals surface area contributed by atoms with E-state index in [4.69, 9.17) is 5.26 Å². The van der Waals surface area contributed by atoms with Gasteiger partial charge in [0.05, 0.1) is 11.3 Å². The molecule has 1 heterocycles. The van der Waals surface area contributed by atoms with E-state index in [1.807, 2.05) is 0 Å². The van der Waals surface area contributed by atoms with Gasteiger partial charge in [0.1, 0.15) is 17.7 Å². The summed E-state index contributed by atoms with van der Waals surface area (Å²) in [5.74, 6) is -2.07. The van der Waals surface area contributed by atoms with Crippen LogP contribution < -0.4 is 0 Å². The number of aryl methyl sites for hydroxylation is 1. The zero-order valence-electron chi connectivity index (χ0n) is 9.82. The molecule has 0 atom stereocenters.